The molecule has 0 heteroatoms. The molecule has 0 aromatic heterocycles. The van der Waals surface area contributed by atoms with Crippen molar-refractivity contribution in [2.75, 3.05) is 0 Å². The third kappa shape index (κ3) is 2.61. The van der Waals surface area contributed by atoms with Gasteiger partial charge in [0.2, 0.25) is 0 Å². The summed E-state index contributed by atoms with van der Waals surface area (Å²) in [6.07, 6.45) is 1.08. The van der Waals surface area contributed by atoms with Crippen LogP contribution in [0.25, 0.3) is 32.7 Å². The van der Waals surface area contributed by atoms with Crippen LogP contribution in [0.5, 0.6) is 0 Å². The second kappa shape index (κ2) is 5.55. The highest BCUT2D eigenvalue weighted by molar-refractivity contribution is 5.99. The van der Waals surface area contributed by atoms with Crippen LogP contribution >= 0.6 is 0 Å². The van der Waals surface area contributed by atoms with Gasteiger partial charge < -0.3 is 0 Å². The van der Waals surface area contributed by atoms with Crippen molar-refractivity contribution in [2.24, 2.45) is 0 Å². The lowest BCUT2D eigenvalue weighted by atomic mass is 9.97. The van der Waals surface area contributed by atoms with Crippen molar-refractivity contribution in [1.29, 1.82) is 0 Å². The second-order valence-corrected chi connectivity index (χ2v) is 6.32. The lowest BCUT2D eigenvalue weighted by Crippen LogP contribution is -1.83. The normalized spacial score (nSPS) is 11.2. The maximum atomic E-state index is 2.31. The van der Waals surface area contributed by atoms with Gasteiger partial charge in [0.1, 0.15) is 0 Å². The predicted molar refractivity (Wildman–Crippen MR) is 101 cm³/mol. The Hall–Kier alpha value is -2.60. The Kier molecular flexibility index (Phi) is 3.38. The molecule has 0 unspecified atom stereocenters. The molecule has 0 fully saturated rings. The summed E-state index contributed by atoms with van der Waals surface area (Å²) in [5, 5.41) is 5.26. The zero-order chi connectivity index (χ0) is 15.8. The van der Waals surface area contributed by atoms with Crippen LogP contribution in [0.2, 0.25) is 0 Å². The molecular weight excluding hydrogens is 276 g/mol. The standard InChI is InChI=1S/C23H20/c1-3-17-6-9-20-15-23-13-19(18-7-4-16(2)5-8-18)10-11-21(23)14-22(20)12-17/h4-15H,3H2,1-2H3. The number of aryl methyl sites for hydroxylation is 2. The summed E-state index contributed by atoms with van der Waals surface area (Å²) in [4.78, 5) is 0. The predicted octanol–water partition coefficient (Wildman–Crippen LogP) is 6.53. The molecule has 0 radical (unpaired) electrons. The first kappa shape index (κ1) is 14.0. The van der Waals surface area contributed by atoms with Crippen LogP contribution < -0.4 is 0 Å². The van der Waals surface area contributed by atoms with Gasteiger partial charge >= 0.3 is 0 Å². The molecule has 0 aliphatic rings. The van der Waals surface area contributed by atoms with Gasteiger partial charge in [0.05, 0.1) is 0 Å². The van der Waals surface area contributed by atoms with E-state index in [2.05, 4.69) is 86.6 Å². The fourth-order valence-corrected chi connectivity index (χ4v) is 3.19. The van der Waals surface area contributed by atoms with Gasteiger partial charge in [-0.3, -0.25) is 0 Å². The molecule has 0 nitrogen and oxygen atoms in total. The second-order valence-electron chi connectivity index (χ2n) is 6.32. The van der Waals surface area contributed by atoms with Crippen LogP contribution in [0, 0.1) is 6.92 Å². The molecule has 0 aliphatic carbocycles. The Morgan fingerprint density at radius 3 is 1.87 bits per heavy atom. The van der Waals surface area contributed by atoms with Gasteiger partial charge in [0.15, 0.2) is 0 Å². The van der Waals surface area contributed by atoms with E-state index in [4.69, 9.17) is 0 Å². The van der Waals surface area contributed by atoms with Gasteiger partial charge in [0.25, 0.3) is 0 Å². The number of benzene rings is 4. The minimum Gasteiger partial charge on any atom is -0.0613 e. The van der Waals surface area contributed by atoms with Crippen molar-refractivity contribution in [2.45, 2.75) is 20.3 Å². The molecule has 0 saturated carbocycles. The van der Waals surface area contributed by atoms with Crippen molar-refractivity contribution in [1.82, 2.24) is 0 Å². The molecule has 4 aromatic carbocycles. The van der Waals surface area contributed by atoms with Crippen molar-refractivity contribution < 1.29 is 0 Å². The van der Waals surface area contributed by atoms with Gasteiger partial charge in [-0.1, -0.05) is 67.1 Å². The van der Waals surface area contributed by atoms with E-state index in [1.165, 1.54) is 43.8 Å². The van der Waals surface area contributed by atoms with Crippen molar-refractivity contribution >= 4 is 21.5 Å². The average Bonchev–Trinajstić information content (AvgIpc) is 2.59. The Bertz CT molecular complexity index is 992. The topological polar surface area (TPSA) is 0 Å². The van der Waals surface area contributed by atoms with Crippen LogP contribution in [-0.2, 0) is 6.42 Å². The molecule has 0 bridgehead atoms. The third-order valence-corrected chi connectivity index (χ3v) is 4.65. The molecule has 0 spiro atoms. The summed E-state index contributed by atoms with van der Waals surface area (Å²) in [7, 11) is 0. The molecule has 23 heavy (non-hydrogen) atoms. The number of rotatable bonds is 2. The van der Waals surface area contributed by atoms with Crippen LogP contribution in [0.3, 0.4) is 0 Å². The van der Waals surface area contributed by atoms with Crippen LogP contribution in [-0.4, -0.2) is 0 Å². The highest BCUT2D eigenvalue weighted by Crippen LogP contribution is 2.28. The molecule has 112 valence electrons. The Balaban J connectivity index is 1.88. The lowest BCUT2D eigenvalue weighted by Gasteiger charge is -2.08. The van der Waals surface area contributed by atoms with Crippen molar-refractivity contribution in [3.63, 3.8) is 0 Å². The van der Waals surface area contributed by atoms with Gasteiger partial charge in [0, 0.05) is 0 Å². The SMILES string of the molecule is CCc1ccc2cc3cc(-c4ccc(C)cc4)ccc3cc2c1. The lowest BCUT2D eigenvalue weighted by molar-refractivity contribution is 1.15. The van der Waals surface area contributed by atoms with Gasteiger partial charge in [-0.2, -0.15) is 0 Å². The van der Waals surface area contributed by atoms with Gasteiger partial charge in [-0.15, -0.1) is 0 Å². The molecule has 0 aliphatic heterocycles. The quantitative estimate of drug-likeness (QED) is 0.369. The minimum atomic E-state index is 1.08. The van der Waals surface area contributed by atoms with Gasteiger partial charge in [-0.05, 0) is 69.8 Å². The summed E-state index contributed by atoms with van der Waals surface area (Å²) in [5.41, 5.74) is 5.25. The zero-order valence-electron chi connectivity index (χ0n) is 13.6. The molecule has 4 aromatic rings. The fourth-order valence-electron chi connectivity index (χ4n) is 3.19. The summed E-state index contributed by atoms with van der Waals surface area (Å²) in [6, 6.07) is 26.9. The summed E-state index contributed by atoms with van der Waals surface area (Å²) in [5.74, 6) is 0. The minimum absolute atomic E-state index is 1.08. The van der Waals surface area contributed by atoms with Crippen molar-refractivity contribution in [3.8, 4) is 11.1 Å². The maximum Gasteiger partial charge on any atom is -0.0171 e. The Morgan fingerprint density at radius 2 is 1.17 bits per heavy atom. The highest BCUT2D eigenvalue weighted by atomic mass is 14.1. The van der Waals surface area contributed by atoms with E-state index in [0.29, 0.717) is 0 Å². The van der Waals surface area contributed by atoms with E-state index in [9.17, 15) is 0 Å². The Labute approximate surface area is 137 Å². The van der Waals surface area contributed by atoms with E-state index < -0.39 is 0 Å². The molecular formula is C23H20. The smallest absolute Gasteiger partial charge is 0.0171 e. The van der Waals surface area contributed by atoms with E-state index in [1.807, 2.05) is 0 Å². The average molecular weight is 296 g/mol. The molecule has 4 rings (SSSR count). The summed E-state index contributed by atoms with van der Waals surface area (Å²) in [6.45, 7) is 4.33. The monoisotopic (exact) mass is 296 g/mol. The molecule has 0 amide bonds. The molecule has 0 heterocycles. The largest absolute Gasteiger partial charge is 0.0613 e. The summed E-state index contributed by atoms with van der Waals surface area (Å²) >= 11 is 0. The maximum absolute atomic E-state index is 2.31. The van der Waals surface area contributed by atoms with Crippen LogP contribution in [0.4, 0.5) is 0 Å². The summed E-state index contributed by atoms with van der Waals surface area (Å²) < 4.78 is 0. The van der Waals surface area contributed by atoms with Crippen LogP contribution in [0.1, 0.15) is 18.1 Å². The van der Waals surface area contributed by atoms with E-state index in [1.54, 1.807) is 0 Å². The molecule has 0 N–H and O–H groups in total. The number of fused-ring (bicyclic) bond motifs is 2. The van der Waals surface area contributed by atoms with Crippen molar-refractivity contribution in [3.05, 3.63) is 83.9 Å². The van der Waals surface area contributed by atoms with Gasteiger partial charge in [-0.25, -0.2) is 0 Å². The molecule has 0 saturated heterocycles. The Morgan fingerprint density at radius 1 is 0.565 bits per heavy atom. The third-order valence-electron chi connectivity index (χ3n) is 4.65. The van der Waals surface area contributed by atoms with E-state index in [0.717, 1.165) is 6.42 Å². The van der Waals surface area contributed by atoms with E-state index in [-0.39, 0.29) is 0 Å². The number of hydrogen-bond donors (Lipinski definition) is 0. The number of hydrogen-bond acceptors (Lipinski definition) is 0. The fraction of sp³-hybridized carbons (Fsp3) is 0.130. The van der Waals surface area contributed by atoms with E-state index >= 15 is 0 Å². The first-order valence-corrected chi connectivity index (χ1v) is 8.26. The zero-order valence-corrected chi connectivity index (χ0v) is 13.6. The van der Waals surface area contributed by atoms with Crippen LogP contribution in [0.15, 0.2) is 72.8 Å². The first-order chi connectivity index (χ1) is 11.2. The first-order valence-electron chi connectivity index (χ1n) is 8.26. The molecule has 0 atom stereocenters. The highest BCUT2D eigenvalue weighted by Gasteiger charge is 2.03.